The van der Waals surface area contributed by atoms with E-state index in [9.17, 15) is 4.79 Å². The van der Waals surface area contributed by atoms with Crippen LogP contribution >= 0.6 is 0 Å². The SMILES string of the molecule is CCN(CC)[C@@H]([C]=O)c1ccccc1. The fourth-order valence-electron chi connectivity index (χ4n) is 1.58. The van der Waals surface area contributed by atoms with Crippen molar-refractivity contribution in [1.82, 2.24) is 4.90 Å². The molecule has 2 nitrogen and oxygen atoms in total. The van der Waals surface area contributed by atoms with Crippen molar-refractivity contribution in [1.29, 1.82) is 0 Å². The van der Waals surface area contributed by atoms with E-state index >= 15 is 0 Å². The summed E-state index contributed by atoms with van der Waals surface area (Å²) in [6.07, 6.45) is 2.10. The first-order valence-corrected chi connectivity index (χ1v) is 5.00. The Hall–Kier alpha value is -1.15. The molecular weight excluding hydrogens is 174 g/mol. The predicted molar refractivity (Wildman–Crippen MR) is 57.8 cm³/mol. The van der Waals surface area contributed by atoms with Gasteiger partial charge in [0, 0.05) is 0 Å². The summed E-state index contributed by atoms with van der Waals surface area (Å²) in [5.74, 6) is 0. The normalized spacial score (nSPS) is 12.8. The maximum atomic E-state index is 10.9. The fraction of sp³-hybridized carbons (Fsp3) is 0.417. The highest BCUT2D eigenvalue weighted by molar-refractivity contribution is 5.62. The van der Waals surface area contributed by atoms with Crippen molar-refractivity contribution >= 4 is 6.29 Å². The molecule has 75 valence electrons. The molecule has 0 aliphatic heterocycles. The summed E-state index contributed by atoms with van der Waals surface area (Å²) in [7, 11) is 0. The van der Waals surface area contributed by atoms with Gasteiger partial charge < -0.3 is 0 Å². The van der Waals surface area contributed by atoms with Crippen molar-refractivity contribution < 1.29 is 4.79 Å². The first-order valence-electron chi connectivity index (χ1n) is 5.00. The van der Waals surface area contributed by atoms with Crippen molar-refractivity contribution in [2.24, 2.45) is 0 Å². The van der Waals surface area contributed by atoms with Gasteiger partial charge in [0.25, 0.3) is 0 Å². The molecule has 0 amide bonds. The van der Waals surface area contributed by atoms with E-state index in [2.05, 4.69) is 25.0 Å². The molecule has 0 bridgehead atoms. The van der Waals surface area contributed by atoms with Gasteiger partial charge in [-0.15, -0.1) is 0 Å². The molecular formula is C12H16NO. The third-order valence-corrected chi connectivity index (χ3v) is 2.40. The minimum absolute atomic E-state index is 0.216. The standard InChI is InChI=1S/C12H16NO/c1-3-13(4-2)12(10-14)11-8-6-5-7-9-11/h5-9,12H,3-4H2,1-2H3/t12-/m0/s1. The first-order chi connectivity index (χ1) is 6.83. The summed E-state index contributed by atoms with van der Waals surface area (Å²) in [6, 6.07) is 9.56. The summed E-state index contributed by atoms with van der Waals surface area (Å²) >= 11 is 0. The Morgan fingerprint density at radius 3 is 2.21 bits per heavy atom. The van der Waals surface area contributed by atoms with Crippen LogP contribution in [0.4, 0.5) is 0 Å². The van der Waals surface area contributed by atoms with Gasteiger partial charge in [-0.2, -0.15) is 0 Å². The lowest BCUT2D eigenvalue weighted by atomic mass is 10.1. The second-order valence-electron chi connectivity index (χ2n) is 3.15. The van der Waals surface area contributed by atoms with Gasteiger partial charge in [0.2, 0.25) is 6.29 Å². The zero-order valence-electron chi connectivity index (χ0n) is 8.73. The molecule has 0 unspecified atom stereocenters. The molecule has 1 radical (unpaired) electrons. The number of hydrogen-bond donors (Lipinski definition) is 0. The smallest absolute Gasteiger partial charge is 0.222 e. The average Bonchev–Trinajstić information content (AvgIpc) is 2.27. The van der Waals surface area contributed by atoms with Crippen LogP contribution in [0.2, 0.25) is 0 Å². The minimum Gasteiger partial charge on any atom is -0.290 e. The molecule has 0 aliphatic carbocycles. The van der Waals surface area contributed by atoms with Crippen LogP contribution in [0.15, 0.2) is 30.3 Å². The molecule has 1 rings (SSSR count). The molecule has 0 fully saturated rings. The number of carbonyl (C=O) groups excluding carboxylic acids is 1. The topological polar surface area (TPSA) is 20.3 Å². The van der Waals surface area contributed by atoms with Crippen molar-refractivity contribution in [2.45, 2.75) is 19.9 Å². The quantitative estimate of drug-likeness (QED) is 0.709. The molecule has 0 heterocycles. The molecule has 1 aromatic carbocycles. The Morgan fingerprint density at radius 2 is 1.79 bits per heavy atom. The predicted octanol–water partition coefficient (Wildman–Crippen LogP) is 2.18. The second kappa shape index (κ2) is 5.55. The van der Waals surface area contributed by atoms with Gasteiger partial charge in [0.15, 0.2) is 0 Å². The maximum absolute atomic E-state index is 10.9. The van der Waals surface area contributed by atoms with Gasteiger partial charge in [-0.1, -0.05) is 44.2 Å². The fourth-order valence-corrected chi connectivity index (χ4v) is 1.58. The highest BCUT2D eigenvalue weighted by atomic mass is 16.1. The highest BCUT2D eigenvalue weighted by Crippen LogP contribution is 2.17. The first kappa shape index (κ1) is 10.9. The zero-order valence-corrected chi connectivity index (χ0v) is 8.73. The van der Waals surface area contributed by atoms with Crippen molar-refractivity contribution in [3.8, 4) is 0 Å². The van der Waals surface area contributed by atoms with Crippen LogP contribution in [0.25, 0.3) is 0 Å². The molecule has 0 spiro atoms. The highest BCUT2D eigenvalue weighted by Gasteiger charge is 2.16. The molecule has 1 aromatic rings. The Kier molecular flexibility index (Phi) is 4.33. The van der Waals surface area contributed by atoms with E-state index in [-0.39, 0.29) is 6.04 Å². The number of rotatable bonds is 5. The van der Waals surface area contributed by atoms with Crippen LogP contribution in [-0.4, -0.2) is 24.3 Å². The number of likely N-dealkylation sites (N-methyl/N-ethyl adjacent to an activating group) is 1. The third kappa shape index (κ3) is 2.42. The summed E-state index contributed by atoms with van der Waals surface area (Å²) in [5.41, 5.74) is 1.02. The van der Waals surface area contributed by atoms with E-state index in [0.717, 1.165) is 18.7 Å². The van der Waals surface area contributed by atoms with E-state index in [1.165, 1.54) is 0 Å². The molecule has 0 saturated heterocycles. The number of hydrogen-bond acceptors (Lipinski definition) is 2. The van der Waals surface area contributed by atoms with Gasteiger partial charge in [-0.05, 0) is 18.7 Å². The summed E-state index contributed by atoms with van der Waals surface area (Å²) in [5, 5.41) is 0. The Bertz CT molecular complexity index is 267. The van der Waals surface area contributed by atoms with Crippen LogP contribution in [-0.2, 0) is 4.79 Å². The molecule has 2 heteroatoms. The van der Waals surface area contributed by atoms with Gasteiger partial charge in [0.05, 0.1) is 0 Å². The second-order valence-corrected chi connectivity index (χ2v) is 3.15. The van der Waals surface area contributed by atoms with Crippen molar-refractivity contribution in [3.05, 3.63) is 35.9 Å². The van der Waals surface area contributed by atoms with E-state index in [1.807, 2.05) is 30.3 Å². The van der Waals surface area contributed by atoms with Crippen molar-refractivity contribution in [2.75, 3.05) is 13.1 Å². The Morgan fingerprint density at radius 1 is 1.21 bits per heavy atom. The summed E-state index contributed by atoms with van der Waals surface area (Å²) < 4.78 is 0. The minimum atomic E-state index is -0.216. The molecule has 0 aliphatic rings. The largest absolute Gasteiger partial charge is 0.290 e. The van der Waals surface area contributed by atoms with Gasteiger partial charge in [-0.25, -0.2) is 0 Å². The lowest BCUT2D eigenvalue weighted by Gasteiger charge is -2.24. The van der Waals surface area contributed by atoms with Gasteiger partial charge in [0.1, 0.15) is 6.04 Å². The van der Waals surface area contributed by atoms with Crippen LogP contribution < -0.4 is 0 Å². The lowest BCUT2D eigenvalue weighted by molar-refractivity contribution is 0.265. The zero-order chi connectivity index (χ0) is 10.4. The monoisotopic (exact) mass is 190 g/mol. The molecule has 14 heavy (non-hydrogen) atoms. The van der Waals surface area contributed by atoms with Crippen molar-refractivity contribution in [3.63, 3.8) is 0 Å². The number of nitrogens with zero attached hydrogens (tertiary/aromatic N) is 1. The van der Waals surface area contributed by atoms with Crippen LogP contribution in [0.5, 0.6) is 0 Å². The maximum Gasteiger partial charge on any atom is 0.222 e. The van der Waals surface area contributed by atoms with Gasteiger partial charge >= 0.3 is 0 Å². The van der Waals surface area contributed by atoms with E-state index < -0.39 is 0 Å². The molecule has 1 atom stereocenters. The van der Waals surface area contributed by atoms with Crippen LogP contribution in [0.1, 0.15) is 25.5 Å². The third-order valence-electron chi connectivity index (χ3n) is 2.40. The van der Waals surface area contributed by atoms with Gasteiger partial charge in [-0.3, -0.25) is 9.69 Å². The van der Waals surface area contributed by atoms with E-state index in [4.69, 9.17) is 0 Å². The van der Waals surface area contributed by atoms with Crippen LogP contribution in [0, 0.1) is 0 Å². The summed E-state index contributed by atoms with van der Waals surface area (Å²) in [4.78, 5) is 13.0. The molecule has 0 aromatic heterocycles. The van der Waals surface area contributed by atoms with Crippen LogP contribution in [0.3, 0.4) is 0 Å². The average molecular weight is 190 g/mol. The van der Waals surface area contributed by atoms with E-state index in [1.54, 1.807) is 0 Å². The lowest BCUT2D eigenvalue weighted by Crippen LogP contribution is -2.29. The molecule has 0 saturated carbocycles. The Balaban J connectivity index is 2.86. The number of benzene rings is 1. The summed E-state index contributed by atoms with van der Waals surface area (Å²) in [6.45, 7) is 5.84. The Labute approximate surface area is 85.5 Å². The van der Waals surface area contributed by atoms with E-state index in [0.29, 0.717) is 0 Å². The molecule has 0 N–H and O–H groups in total.